The van der Waals surface area contributed by atoms with Gasteiger partial charge in [-0.2, -0.15) is 0 Å². The van der Waals surface area contributed by atoms with Crippen LogP contribution in [-0.4, -0.2) is 88.3 Å². The third-order valence-corrected chi connectivity index (χ3v) is 9.81. The summed E-state index contributed by atoms with van der Waals surface area (Å²) in [6, 6.07) is 7.44. The van der Waals surface area contributed by atoms with E-state index in [0.717, 1.165) is 11.1 Å². The van der Waals surface area contributed by atoms with E-state index in [1.165, 1.54) is 18.2 Å². The highest BCUT2D eigenvalue weighted by atomic mass is 35.5. The average molecular weight is 688 g/mol. The molecule has 3 atom stereocenters. The first-order valence-corrected chi connectivity index (χ1v) is 17.4. The first-order chi connectivity index (χ1) is 21.3. The fourth-order valence-corrected chi connectivity index (χ4v) is 7.56. The average Bonchev–Trinajstić information content (AvgIpc) is 3.38. The molecule has 0 saturated carbocycles. The van der Waals surface area contributed by atoms with Gasteiger partial charge < -0.3 is 30.4 Å². The van der Waals surface area contributed by atoms with E-state index in [9.17, 15) is 18.3 Å². The number of aromatic hydroxyl groups is 1. The molecule has 0 aromatic heterocycles. The van der Waals surface area contributed by atoms with E-state index in [2.05, 4.69) is 14.9 Å². The number of likely N-dealkylation sites (tertiary alicyclic amines) is 1. The van der Waals surface area contributed by atoms with Crippen LogP contribution in [0.2, 0.25) is 10.0 Å². The summed E-state index contributed by atoms with van der Waals surface area (Å²) in [4.78, 5) is 14.9. The van der Waals surface area contributed by atoms with Crippen molar-refractivity contribution in [3.05, 3.63) is 57.1 Å². The Morgan fingerprint density at radius 2 is 1.80 bits per heavy atom. The number of ether oxygens (including phenoxy) is 3. The molecular weight excluding hydrogens is 643 g/mol. The monoisotopic (exact) mass is 686 g/mol. The highest BCUT2D eigenvalue weighted by molar-refractivity contribution is 7.89. The largest absolute Gasteiger partial charge is 0.508 e. The third kappa shape index (κ3) is 9.92. The Bertz CT molecular complexity index is 1440. The minimum atomic E-state index is -3.89. The Hall–Kier alpha value is -2.16. The summed E-state index contributed by atoms with van der Waals surface area (Å²) in [5.41, 5.74) is 7.32. The van der Waals surface area contributed by atoms with E-state index in [-0.39, 0.29) is 41.9 Å². The summed E-state index contributed by atoms with van der Waals surface area (Å²) in [6.45, 7) is 7.72. The number of rotatable bonds is 13. The highest BCUT2D eigenvalue weighted by Crippen LogP contribution is 2.42. The van der Waals surface area contributed by atoms with Gasteiger partial charge in [0.15, 0.2) is 0 Å². The number of halogens is 2. The number of sulfonamides is 1. The lowest BCUT2D eigenvalue weighted by molar-refractivity contribution is 0.0383. The Balaban J connectivity index is 1.52. The lowest BCUT2D eigenvalue weighted by Gasteiger charge is -2.43. The van der Waals surface area contributed by atoms with Crippen LogP contribution < -0.4 is 15.8 Å². The molecule has 2 aliphatic rings. The fraction of sp³-hybridized carbons (Fsp3) is 0.581. The van der Waals surface area contributed by atoms with Crippen LogP contribution in [0.1, 0.15) is 56.3 Å². The van der Waals surface area contributed by atoms with Gasteiger partial charge in [-0.05, 0) is 87.9 Å². The van der Waals surface area contributed by atoms with Crippen molar-refractivity contribution >= 4 is 39.3 Å². The van der Waals surface area contributed by atoms with E-state index in [1.807, 2.05) is 26.8 Å². The molecule has 1 aliphatic carbocycles. The number of fused-ring (bicyclic) bond motifs is 1. The van der Waals surface area contributed by atoms with Crippen molar-refractivity contribution < 1.29 is 32.5 Å². The van der Waals surface area contributed by atoms with Crippen LogP contribution >= 0.6 is 23.2 Å². The number of nitrogens with two attached hydrogens (primary N) is 1. The lowest BCUT2D eigenvalue weighted by atomic mass is 9.90. The smallest absolute Gasteiger partial charge is 0.407 e. The Morgan fingerprint density at radius 1 is 1.07 bits per heavy atom. The molecule has 11 nitrogen and oxygen atoms in total. The third-order valence-electron chi connectivity index (χ3n) is 7.80. The molecule has 2 aromatic rings. The van der Waals surface area contributed by atoms with Crippen LogP contribution in [0.4, 0.5) is 4.79 Å². The summed E-state index contributed by atoms with van der Waals surface area (Å²) in [5, 5.41) is 15.2. The van der Waals surface area contributed by atoms with Gasteiger partial charge in [-0.1, -0.05) is 23.2 Å². The SMILES string of the molecule is CC(C)(C)OC(=O)NC1CCC(c2cc(S(=O)(=O)NCCOCCOCCN)ccc2O)N(C2Cc3cc(Cl)cc(Cl)c3C2)C1. The Kier molecular flexibility index (Phi) is 12.4. The number of phenolic OH excluding ortho intramolecular Hbond substituents is 1. The lowest BCUT2D eigenvalue weighted by Crippen LogP contribution is -2.53. The molecule has 2 aromatic carbocycles. The van der Waals surface area contributed by atoms with E-state index in [0.29, 0.717) is 74.2 Å². The summed E-state index contributed by atoms with van der Waals surface area (Å²) in [6.07, 6.45) is 1.99. The maximum absolute atomic E-state index is 13.2. The van der Waals surface area contributed by atoms with Gasteiger partial charge in [-0.25, -0.2) is 17.9 Å². The van der Waals surface area contributed by atoms with Gasteiger partial charge in [0.2, 0.25) is 10.0 Å². The van der Waals surface area contributed by atoms with Gasteiger partial charge in [-0.3, -0.25) is 4.90 Å². The standard InChI is InChI=1S/C31H44Cl2N4O7S/c1-31(2,3)44-30(39)36-22-4-6-28(37(19-22)23-15-20-14-21(32)16-27(33)25(20)17-23)26-18-24(5-7-29(26)38)45(40,41)35-9-11-43-13-12-42-10-8-34/h5,7,14,16,18,22-23,28,35,38H,4,6,8-13,15,17,19,34H2,1-3H3,(H,36,39). The number of amides is 1. The highest BCUT2D eigenvalue weighted by Gasteiger charge is 2.39. The molecule has 250 valence electrons. The number of alkyl carbamates (subject to hydrolysis) is 1. The van der Waals surface area contributed by atoms with Gasteiger partial charge in [0.25, 0.3) is 0 Å². The molecule has 1 heterocycles. The number of nitrogens with zero attached hydrogens (tertiary/aromatic N) is 1. The number of nitrogens with one attached hydrogen (secondary N) is 2. The minimum Gasteiger partial charge on any atom is -0.508 e. The maximum atomic E-state index is 13.2. The quantitative estimate of drug-likeness (QED) is 0.228. The van der Waals surface area contributed by atoms with Crippen LogP contribution in [0.25, 0.3) is 0 Å². The summed E-state index contributed by atoms with van der Waals surface area (Å²) >= 11 is 12.9. The molecule has 1 aliphatic heterocycles. The number of benzene rings is 2. The number of hydrogen-bond donors (Lipinski definition) is 4. The molecule has 0 spiro atoms. The Morgan fingerprint density at radius 3 is 2.51 bits per heavy atom. The van der Waals surface area contributed by atoms with Gasteiger partial charge in [-0.15, -0.1) is 0 Å². The van der Waals surface area contributed by atoms with Crippen LogP contribution in [0.5, 0.6) is 5.75 Å². The van der Waals surface area contributed by atoms with Crippen molar-refractivity contribution in [2.24, 2.45) is 5.73 Å². The summed E-state index contributed by atoms with van der Waals surface area (Å²) < 4.78 is 45.2. The van der Waals surface area contributed by atoms with E-state index < -0.39 is 21.7 Å². The predicted molar refractivity (Wildman–Crippen MR) is 173 cm³/mol. The van der Waals surface area contributed by atoms with E-state index >= 15 is 0 Å². The molecule has 0 radical (unpaired) electrons. The zero-order valence-electron chi connectivity index (χ0n) is 26.0. The second-order valence-corrected chi connectivity index (χ2v) is 15.0. The maximum Gasteiger partial charge on any atom is 0.407 e. The van der Waals surface area contributed by atoms with Crippen LogP contribution in [0, 0.1) is 0 Å². The first kappa shape index (κ1) is 35.7. The molecule has 0 bridgehead atoms. The molecule has 1 fully saturated rings. The van der Waals surface area contributed by atoms with Gasteiger partial charge in [0, 0.05) is 53.4 Å². The van der Waals surface area contributed by atoms with Crippen LogP contribution in [-0.2, 0) is 37.1 Å². The van der Waals surface area contributed by atoms with Crippen molar-refractivity contribution in [3.8, 4) is 5.75 Å². The number of phenols is 1. The molecule has 14 heteroatoms. The summed E-state index contributed by atoms with van der Waals surface area (Å²) in [7, 11) is -3.89. The number of carbonyl (C=O) groups is 1. The van der Waals surface area contributed by atoms with Crippen LogP contribution in [0.3, 0.4) is 0 Å². The second-order valence-electron chi connectivity index (χ2n) is 12.4. The molecular formula is C31H44Cl2N4O7S. The second kappa shape index (κ2) is 15.6. The molecule has 1 saturated heterocycles. The topological polar surface area (TPSA) is 152 Å². The van der Waals surface area contributed by atoms with Crippen LogP contribution in [0.15, 0.2) is 35.2 Å². The van der Waals surface area contributed by atoms with Crippen molar-refractivity contribution in [1.82, 2.24) is 14.9 Å². The van der Waals surface area contributed by atoms with E-state index in [4.69, 9.17) is 43.1 Å². The fourth-order valence-electron chi connectivity index (χ4n) is 5.89. The van der Waals surface area contributed by atoms with Crippen molar-refractivity contribution in [3.63, 3.8) is 0 Å². The van der Waals surface area contributed by atoms with Gasteiger partial charge in [0.05, 0.1) is 31.3 Å². The molecule has 3 unspecified atom stereocenters. The van der Waals surface area contributed by atoms with Gasteiger partial charge >= 0.3 is 6.09 Å². The zero-order valence-corrected chi connectivity index (χ0v) is 28.3. The molecule has 4 rings (SSSR count). The Labute approximate surface area is 275 Å². The molecule has 45 heavy (non-hydrogen) atoms. The zero-order chi connectivity index (χ0) is 32.8. The first-order valence-electron chi connectivity index (χ1n) is 15.2. The van der Waals surface area contributed by atoms with Crippen molar-refractivity contribution in [1.29, 1.82) is 0 Å². The van der Waals surface area contributed by atoms with Gasteiger partial charge in [0.1, 0.15) is 11.4 Å². The number of piperidine rings is 1. The van der Waals surface area contributed by atoms with E-state index in [1.54, 1.807) is 6.07 Å². The molecule has 5 N–H and O–H groups in total. The normalized spacial score (nSPS) is 20.6. The van der Waals surface area contributed by atoms with Crippen molar-refractivity contribution in [2.75, 3.05) is 46.1 Å². The predicted octanol–water partition coefficient (Wildman–Crippen LogP) is 4.17. The minimum absolute atomic E-state index is 0.0000907. The number of carbonyl (C=O) groups excluding carboxylic acids is 1. The van der Waals surface area contributed by atoms with Crippen molar-refractivity contribution in [2.45, 2.75) is 75.1 Å². The number of hydrogen-bond acceptors (Lipinski definition) is 9. The summed E-state index contributed by atoms with van der Waals surface area (Å²) in [5.74, 6) is -0.0000907. The molecule has 1 amide bonds.